The third kappa shape index (κ3) is 2.97. The van der Waals surface area contributed by atoms with Crippen molar-refractivity contribution in [1.29, 1.82) is 0 Å². The van der Waals surface area contributed by atoms with Crippen LogP contribution in [0.1, 0.15) is 36.1 Å². The fourth-order valence-electron chi connectivity index (χ4n) is 11.2. The first-order chi connectivity index (χ1) is 27.1. The van der Waals surface area contributed by atoms with E-state index in [9.17, 15) is 0 Å². The first-order valence-electron chi connectivity index (χ1n) is 19.2. The molecule has 0 saturated carbocycles. The van der Waals surface area contributed by atoms with E-state index in [4.69, 9.17) is 4.74 Å². The van der Waals surface area contributed by atoms with Gasteiger partial charge in [-0.15, -0.1) is 0 Å². The normalized spacial score (nSPS) is 17.9. The molecule has 55 heavy (non-hydrogen) atoms. The topological polar surface area (TPSA) is 23.5 Å². The predicted octanol–water partition coefficient (Wildman–Crippen LogP) is 11.2. The molecular weight excluding hydrogens is 673 g/mol. The van der Waals surface area contributed by atoms with Crippen LogP contribution >= 0.6 is 0 Å². The first-order valence-corrected chi connectivity index (χ1v) is 19.2. The maximum atomic E-state index is 7.28. The molecule has 1 atom stereocenters. The maximum absolute atomic E-state index is 7.28. The summed E-state index contributed by atoms with van der Waals surface area (Å²) in [6.45, 7) is 4.80. The lowest BCUT2D eigenvalue weighted by Crippen LogP contribution is -2.79. The lowest BCUT2D eigenvalue weighted by molar-refractivity contribution is -0.963. The Hall–Kier alpha value is -6.98. The second kappa shape index (κ2) is 9.20. The number of aromatic nitrogens is 2. The fourth-order valence-corrected chi connectivity index (χ4v) is 11.2. The van der Waals surface area contributed by atoms with Crippen molar-refractivity contribution in [3.8, 4) is 56.0 Å². The van der Waals surface area contributed by atoms with Crippen LogP contribution in [0.25, 0.3) is 44.5 Å². The Bertz CT molecular complexity index is 3120. The molecule has 8 heterocycles. The number of para-hydroxylation sites is 2. The van der Waals surface area contributed by atoms with Gasteiger partial charge in [0, 0.05) is 39.3 Å². The van der Waals surface area contributed by atoms with Crippen LogP contribution in [0.3, 0.4) is 0 Å². The highest BCUT2D eigenvalue weighted by molar-refractivity contribution is 6.08. The van der Waals surface area contributed by atoms with E-state index in [1.807, 2.05) is 0 Å². The Labute approximate surface area is 318 Å². The van der Waals surface area contributed by atoms with Crippen molar-refractivity contribution in [3.05, 3.63) is 180 Å². The summed E-state index contributed by atoms with van der Waals surface area (Å²) in [7, 11) is 0. The quantitative estimate of drug-likeness (QED) is 0.147. The largest absolute Gasteiger partial charge is 0.456 e. The molecular formula is C50H32N4O+2. The summed E-state index contributed by atoms with van der Waals surface area (Å²) in [5.74, 6) is 4.05. The third-order valence-corrected chi connectivity index (χ3v) is 13.4. The molecule has 5 nitrogen and oxygen atoms in total. The molecule has 0 bridgehead atoms. The van der Waals surface area contributed by atoms with Crippen LogP contribution in [-0.2, 0) is 11.1 Å². The van der Waals surface area contributed by atoms with E-state index < -0.39 is 5.66 Å². The van der Waals surface area contributed by atoms with E-state index in [0.29, 0.717) is 0 Å². The molecule has 5 heteroatoms. The van der Waals surface area contributed by atoms with Gasteiger partial charge in [0.2, 0.25) is 0 Å². The molecule has 0 aliphatic carbocycles. The highest BCUT2D eigenvalue weighted by Crippen LogP contribution is 2.67. The van der Waals surface area contributed by atoms with Crippen molar-refractivity contribution in [3.63, 3.8) is 0 Å². The molecule has 1 spiro atoms. The van der Waals surface area contributed by atoms with Gasteiger partial charge in [0.05, 0.1) is 18.0 Å². The average molecular weight is 705 g/mol. The van der Waals surface area contributed by atoms with Gasteiger partial charge in [0.15, 0.2) is 11.4 Å². The molecule has 0 amide bonds. The molecule has 2 aromatic heterocycles. The SMILES string of the molecule is CC1(C)c2cccc3c2N2c4c(ccc5c4C4(c6c(ccc7c6N(c6ccccc6-c6ccccc6-7)c6cccc[n+]64)O5)[n+]4cccc1c42)-c1ccccc1-3. The molecule has 8 aromatic rings. The standard InChI is InChI=1S/C50H32N4O/c1-49(2)37-19-11-18-34-31-15-5-6-16-32(31)36-24-26-41-44-47(36)54(45(34)37)48-38(49)20-12-28-52(48)50(44)43-40(55-41)25-23-35-30-14-4-3-13-29(30)33-17-7-8-21-39(33)53(46(35)43)42-22-9-10-27-51(42)50/h3-28H,1-2H3/q+2. The van der Waals surface area contributed by atoms with Crippen molar-refractivity contribution in [2.24, 2.45) is 0 Å². The number of hydrogen-bond donors (Lipinski definition) is 0. The van der Waals surface area contributed by atoms with Gasteiger partial charge in [-0.1, -0.05) is 105 Å². The van der Waals surface area contributed by atoms with Crippen LogP contribution in [0.15, 0.2) is 158 Å². The van der Waals surface area contributed by atoms with Crippen LogP contribution in [0.2, 0.25) is 0 Å². The zero-order valence-corrected chi connectivity index (χ0v) is 30.2. The van der Waals surface area contributed by atoms with Gasteiger partial charge in [-0.2, -0.15) is 18.9 Å². The predicted molar refractivity (Wildman–Crippen MR) is 215 cm³/mol. The molecule has 0 radical (unpaired) electrons. The van der Waals surface area contributed by atoms with Gasteiger partial charge in [-0.05, 0) is 70.8 Å². The third-order valence-electron chi connectivity index (χ3n) is 13.4. The van der Waals surface area contributed by atoms with Gasteiger partial charge < -0.3 is 4.74 Å². The number of hydrogen-bond acceptors (Lipinski definition) is 3. The monoisotopic (exact) mass is 704 g/mol. The van der Waals surface area contributed by atoms with Gasteiger partial charge in [-0.25, -0.2) is 0 Å². The molecule has 1 unspecified atom stereocenters. The van der Waals surface area contributed by atoms with Crippen LogP contribution in [0.4, 0.5) is 34.4 Å². The van der Waals surface area contributed by atoms with E-state index in [0.717, 1.165) is 39.8 Å². The number of benzene rings is 6. The molecule has 14 rings (SSSR count). The summed E-state index contributed by atoms with van der Waals surface area (Å²) in [6, 6.07) is 54.0. The second-order valence-electron chi connectivity index (χ2n) is 16.1. The van der Waals surface area contributed by atoms with Crippen LogP contribution in [0.5, 0.6) is 11.5 Å². The summed E-state index contributed by atoms with van der Waals surface area (Å²) >= 11 is 0. The average Bonchev–Trinajstić information content (AvgIpc) is 3.44. The van der Waals surface area contributed by atoms with Gasteiger partial charge in [0.25, 0.3) is 11.6 Å². The van der Waals surface area contributed by atoms with Crippen LogP contribution in [0, 0.1) is 0 Å². The minimum Gasteiger partial charge on any atom is -0.456 e. The maximum Gasteiger partial charge on any atom is 0.321 e. The van der Waals surface area contributed by atoms with Crippen molar-refractivity contribution in [2.45, 2.75) is 24.9 Å². The van der Waals surface area contributed by atoms with E-state index in [1.54, 1.807) is 0 Å². The fraction of sp³-hybridized carbons (Fsp3) is 0.0800. The van der Waals surface area contributed by atoms with E-state index >= 15 is 0 Å². The number of nitrogens with zero attached hydrogens (tertiary/aromatic N) is 4. The molecule has 6 aliphatic heterocycles. The summed E-state index contributed by atoms with van der Waals surface area (Å²) in [6.07, 6.45) is 4.62. The van der Waals surface area contributed by atoms with Crippen LogP contribution in [-0.4, -0.2) is 0 Å². The molecule has 256 valence electrons. The minimum atomic E-state index is -0.843. The molecule has 6 aromatic carbocycles. The number of anilines is 6. The highest BCUT2D eigenvalue weighted by atomic mass is 16.5. The van der Waals surface area contributed by atoms with Crippen molar-refractivity contribution in [1.82, 2.24) is 0 Å². The summed E-state index contributed by atoms with van der Waals surface area (Å²) in [5, 5.41) is 0. The summed E-state index contributed by atoms with van der Waals surface area (Å²) < 4.78 is 12.4. The zero-order valence-electron chi connectivity index (χ0n) is 30.2. The van der Waals surface area contributed by atoms with Crippen LogP contribution < -0.4 is 23.7 Å². The van der Waals surface area contributed by atoms with E-state index in [-0.39, 0.29) is 5.41 Å². The Morgan fingerprint density at radius 2 is 0.982 bits per heavy atom. The highest BCUT2D eigenvalue weighted by Gasteiger charge is 2.69. The molecule has 0 saturated heterocycles. The Morgan fingerprint density at radius 1 is 0.436 bits per heavy atom. The molecule has 0 fully saturated rings. The van der Waals surface area contributed by atoms with E-state index in [2.05, 4.69) is 191 Å². The second-order valence-corrected chi connectivity index (χ2v) is 16.1. The van der Waals surface area contributed by atoms with Crippen molar-refractivity contribution >= 4 is 34.4 Å². The van der Waals surface area contributed by atoms with Crippen molar-refractivity contribution < 1.29 is 13.9 Å². The summed E-state index contributed by atoms with van der Waals surface area (Å²) in [5.41, 5.74) is 18.4. The Morgan fingerprint density at radius 3 is 1.69 bits per heavy atom. The smallest absolute Gasteiger partial charge is 0.321 e. The van der Waals surface area contributed by atoms with Gasteiger partial charge in [0.1, 0.15) is 34.0 Å². The first kappa shape index (κ1) is 28.5. The van der Waals surface area contributed by atoms with Gasteiger partial charge >= 0.3 is 5.66 Å². The lowest BCUT2D eigenvalue weighted by atomic mass is 9.71. The number of ether oxygens (including phenoxy) is 1. The van der Waals surface area contributed by atoms with Gasteiger partial charge in [-0.3, -0.25) is 0 Å². The zero-order chi connectivity index (χ0) is 35.9. The summed E-state index contributed by atoms with van der Waals surface area (Å²) in [4.78, 5) is 5.10. The Kier molecular flexibility index (Phi) is 4.77. The lowest BCUT2D eigenvalue weighted by Gasteiger charge is -2.48. The number of pyridine rings is 2. The minimum absolute atomic E-state index is 0.282. The van der Waals surface area contributed by atoms with Crippen molar-refractivity contribution in [2.75, 3.05) is 9.80 Å². The number of fused-ring (bicyclic) bond motifs is 10. The molecule has 0 N–H and O–H groups in total. The molecule has 6 aliphatic rings. The number of rotatable bonds is 0. The Balaban J connectivity index is 1.25. The van der Waals surface area contributed by atoms with E-state index in [1.165, 1.54) is 72.8 Å².